The summed E-state index contributed by atoms with van der Waals surface area (Å²) in [7, 11) is 0. The molecule has 20 heavy (non-hydrogen) atoms. The van der Waals surface area contributed by atoms with Gasteiger partial charge in [0.2, 0.25) is 0 Å². The van der Waals surface area contributed by atoms with Gasteiger partial charge in [0.1, 0.15) is 10.8 Å². The standard InChI is InChI=1S/C16H14O4/c1-7(2)12-8-3-4-9(12)16-11-6-5-10(19-11)15(8,16)13(17)20-14(16)18/h3-6,8-11H,1-2H3/t8-,9+,10+,11-,15-,16+. The summed E-state index contributed by atoms with van der Waals surface area (Å²) < 4.78 is 11.0. The molecule has 0 spiro atoms. The highest BCUT2D eigenvalue weighted by Gasteiger charge is 2.88. The van der Waals surface area contributed by atoms with Gasteiger partial charge in [0.15, 0.2) is 0 Å². The van der Waals surface area contributed by atoms with Gasteiger partial charge in [-0.1, -0.05) is 35.5 Å². The average molecular weight is 270 g/mol. The van der Waals surface area contributed by atoms with Crippen LogP contribution in [0.4, 0.5) is 0 Å². The maximum Gasteiger partial charge on any atom is 0.325 e. The minimum Gasteiger partial charge on any atom is -0.392 e. The van der Waals surface area contributed by atoms with Crippen LogP contribution in [0.25, 0.3) is 0 Å². The number of ether oxygens (including phenoxy) is 2. The quantitative estimate of drug-likeness (QED) is 0.380. The maximum absolute atomic E-state index is 12.6. The van der Waals surface area contributed by atoms with Crippen molar-refractivity contribution in [3.63, 3.8) is 0 Å². The molecule has 2 saturated heterocycles. The lowest BCUT2D eigenvalue weighted by Gasteiger charge is -2.38. The predicted molar refractivity (Wildman–Crippen MR) is 68.3 cm³/mol. The molecular formula is C16H14O4. The SMILES string of the molecule is CC(C)=C1[C@H]2C=C[C@@H]1[C@]13C(=O)OC(=O)[C@]21[C@@H]1C=C[C@H]3O1. The third-order valence-electron chi connectivity index (χ3n) is 5.92. The van der Waals surface area contributed by atoms with Gasteiger partial charge >= 0.3 is 11.9 Å². The zero-order valence-electron chi connectivity index (χ0n) is 11.3. The molecule has 6 atom stereocenters. The van der Waals surface area contributed by atoms with Gasteiger partial charge in [0.05, 0.1) is 12.2 Å². The second-order valence-corrected chi connectivity index (χ2v) is 6.57. The lowest BCUT2D eigenvalue weighted by atomic mass is 9.54. The van der Waals surface area contributed by atoms with Gasteiger partial charge in [0, 0.05) is 11.8 Å². The van der Waals surface area contributed by atoms with Crippen LogP contribution < -0.4 is 0 Å². The molecule has 5 aliphatic rings. The van der Waals surface area contributed by atoms with Crippen LogP contribution >= 0.6 is 0 Å². The highest BCUT2D eigenvalue weighted by molar-refractivity contribution is 6.07. The molecular weight excluding hydrogens is 256 g/mol. The summed E-state index contributed by atoms with van der Waals surface area (Å²) in [5.74, 6) is -0.905. The zero-order chi connectivity index (χ0) is 13.9. The molecule has 0 unspecified atom stereocenters. The lowest BCUT2D eigenvalue weighted by Crippen LogP contribution is -2.53. The van der Waals surface area contributed by atoms with Crippen molar-refractivity contribution in [2.75, 3.05) is 0 Å². The van der Waals surface area contributed by atoms with Crippen molar-refractivity contribution in [2.24, 2.45) is 22.7 Å². The van der Waals surface area contributed by atoms with Crippen LogP contribution in [-0.4, -0.2) is 24.1 Å². The van der Waals surface area contributed by atoms with Crippen molar-refractivity contribution in [1.82, 2.24) is 0 Å². The summed E-state index contributed by atoms with van der Waals surface area (Å²) in [6.07, 6.45) is 7.34. The molecule has 5 rings (SSSR count). The number of carbonyl (C=O) groups is 2. The summed E-state index contributed by atoms with van der Waals surface area (Å²) in [6, 6.07) is 0. The molecule has 0 aromatic carbocycles. The van der Waals surface area contributed by atoms with E-state index < -0.39 is 22.8 Å². The molecule has 0 N–H and O–H groups in total. The summed E-state index contributed by atoms with van der Waals surface area (Å²) in [6.45, 7) is 4.11. The molecule has 0 aromatic heterocycles. The molecule has 102 valence electrons. The van der Waals surface area contributed by atoms with E-state index in [1.165, 1.54) is 11.1 Å². The van der Waals surface area contributed by atoms with Crippen LogP contribution in [0.5, 0.6) is 0 Å². The molecule has 4 heteroatoms. The third-order valence-corrected chi connectivity index (χ3v) is 5.92. The van der Waals surface area contributed by atoms with Crippen molar-refractivity contribution in [3.8, 4) is 0 Å². The summed E-state index contributed by atoms with van der Waals surface area (Å²) in [5, 5.41) is 0. The van der Waals surface area contributed by atoms with Crippen molar-refractivity contribution in [2.45, 2.75) is 26.1 Å². The number of fused-ring (bicyclic) bond motifs is 4. The van der Waals surface area contributed by atoms with Crippen LogP contribution in [0.2, 0.25) is 0 Å². The van der Waals surface area contributed by atoms with E-state index in [4.69, 9.17) is 9.47 Å². The van der Waals surface area contributed by atoms with Gasteiger partial charge < -0.3 is 9.47 Å². The van der Waals surface area contributed by atoms with Crippen molar-refractivity contribution in [1.29, 1.82) is 0 Å². The Morgan fingerprint density at radius 1 is 0.950 bits per heavy atom. The van der Waals surface area contributed by atoms with Crippen LogP contribution in [0.3, 0.4) is 0 Å². The van der Waals surface area contributed by atoms with Gasteiger partial charge in [-0.3, -0.25) is 9.59 Å². The molecule has 4 nitrogen and oxygen atoms in total. The largest absolute Gasteiger partial charge is 0.392 e. The smallest absolute Gasteiger partial charge is 0.325 e. The topological polar surface area (TPSA) is 52.6 Å². The number of allylic oxidation sites excluding steroid dienone is 4. The molecule has 2 aliphatic carbocycles. The summed E-state index contributed by atoms with van der Waals surface area (Å²) in [4.78, 5) is 25.2. The Labute approximate surface area is 116 Å². The fourth-order valence-corrected chi connectivity index (χ4v) is 5.42. The molecule has 0 amide bonds. The minimum atomic E-state index is -0.852. The monoisotopic (exact) mass is 270 g/mol. The Hall–Kier alpha value is -1.68. The number of rotatable bonds is 0. The molecule has 0 aromatic rings. The second-order valence-electron chi connectivity index (χ2n) is 6.57. The molecule has 4 bridgehead atoms. The van der Waals surface area contributed by atoms with Gasteiger partial charge in [-0.2, -0.15) is 0 Å². The van der Waals surface area contributed by atoms with Crippen LogP contribution in [-0.2, 0) is 19.1 Å². The van der Waals surface area contributed by atoms with E-state index >= 15 is 0 Å². The first-order valence-corrected chi connectivity index (χ1v) is 7.02. The number of esters is 2. The first-order chi connectivity index (χ1) is 9.56. The molecule has 1 saturated carbocycles. The van der Waals surface area contributed by atoms with Crippen LogP contribution in [0.15, 0.2) is 35.5 Å². The summed E-state index contributed by atoms with van der Waals surface area (Å²) >= 11 is 0. The molecule has 3 heterocycles. The van der Waals surface area contributed by atoms with Gasteiger partial charge in [-0.15, -0.1) is 0 Å². The Morgan fingerprint density at radius 2 is 1.45 bits per heavy atom. The van der Waals surface area contributed by atoms with Crippen LogP contribution in [0.1, 0.15) is 13.8 Å². The summed E-state index contributed by atoms with van der Waals surface area (Å²) in [5.41, 5.74) is 0.711. The lowest BCUT2D eigenvalue weighted by molar-refractivity contribution is -0.160. The number of cyclic esters (lactones) is 2. The van der Waals surface area contributed by atoms with Crippen molar-refractivity contribution in [3.05, 3.63) is 35.5 Å². The van der Waals surface area contributed by atoms with Gasteiger partial charge in [-0.05, 0) is 13.8 Å². The number of carbonyl (C=O) groups excluding carboxylic acids is 2. The Bertz CT molecular complexity index is 633. The molecule has 3 fully saturated rings. The van der Waals surface area contributed by atoms with E-state index in [1.54, 1.807) is 0 Å². The molecule has 3 aliphatic heterocycles. The van der Waals surface area contributed by atoms with Crippen LogP contribution in [0, 0.1) is 22.7 Å². The Morgan fingerprint density at radius 3 is 1.90 bits per heavy atom. The Balaban J connectivity index is 1.92. The predicted octanol–water partition coefficient (Wildman–Crippen LogP) is 1.53. The van der Waals surface area contributed by atoms with E-state index in [9.17, 15) is 9.59 Å². The highest BCUT2D eigenvalue weighted by atomic mass is 16.6. The van der Waals surface area contributed by atoms with Gasteiger partial charge in [-0.25, -0.2) is 0 Å². The van der Waals surface area contributed by atoms with Crippen molar-refractivity contribution < 1.29 is 19.1 Å². The normalized spacial score (nSPS) is 52.8. The van der Waals surface area contributed by atoms with E-state index in [0.717, 1.165) is 0 Å². The first-order valence-electron chi connectivity index (χ1n) is 7.02. The molecule has 0 radical (unpaired) electrons. The first kappa shape index (κ1) is 11.0. The number of hydrogen-bond acceptors (Lipinski definition) is 4. The van der Waals surface area contributed by atoms with E-state index in [1.807, 2.05) is 12.2 Å². The third kappa shape index (κ3) is 0.713. The second kappa shape index (κ2) is 2.84. The fraction of sp³-hybridized carbons (Fsp3) is 0.500. The fourth-order valence-electron chi connectivity index (χ4n) is 5.42. The Kier molecular flexibility index (Phi) is 1.57. The highest BCUT2D eigenvalue weighted by Crippen LogP contribution is 2.77. The van der Waals surface area contributed by atoms with Crippen molar-refractivity contribution >= 4 is 11.9 Å². The van der Waals surface area contributed by atoms with E-state index in [2.05, 4.69) is 26.0 Å². The zero-order valence-corrected chi connectivity index (χ0v) is 11.3. The maximum atomic E-state index is 12.6. The number of hydrogen-bond donors (Lipinski definition) is 0. The average Bonchev–Trinajstić information content (AvgIpc) is 3.14. The minimum absolute atomic E-state index is 0.0589. The van der Waals surface area contributed by atoms with Gasteiger partial charge in [0.25, 0.3) is 0 Å². The van der Waals surface area contributed by atoms with E-state index in [0.29, 0.717) is 0 Å². The van der Waals surface area contributed by atoms with E-state index in [-0.39, 0.29) is 24.0 Å².